The quantitative estimate of drug-likeness (QED) is 0.604. The number of hydrogen-bond donors (Lipinski definition) is 0. The highest BCUT2D eigenvalue weighted by atomic mass is 79.9. The van der Waals surface area contributed by atoms with Gasteiger partial charge in [-0.1, -0.05) is 39.7 Å². The summed E-state index contributed by atoms with van der Waals surface area (Å²) in [6, 6.07) is 12.4. The monoisotopic (exact) mass is 423 g/mol. The van der Waals surface area contributed by atoms with Gasteiger partial charge in [-0.05, 0) is 30.3 Å². The third-order valence-electron chi connectivity index (χ3n) is 3.81. The molecule has 0 bridgehead atoms. The molecule has 0 saturated heterocycles. The molecule has 6 heteroatoms. The van der Waals surface area contributed by atoms with E-state index in [-0.39, 0.29) is 24.5 Å². The summed E-state index contributed by atoms with van der Waals surface area (Å²) in [6.45, 7) is 0.370. The van der Waals surface area contributed by atoms with Gasteiger partial charge in [-0.15, -0.1) is 0 Å². The Bertz CT molecular complexity index is 762. The van der Waals surface area contributed by atoms with E-state index in [0.717, 1.165) is 10.0 Å². The molecule has 0 saturated carbocycles. The first-order valence-corrected chi connectivity index (χ1v) is 8.93. The third-order valence-corrected chi connectivity index (χ3v) is 4.57. The molecule has 0 unspecified atom stereocenters. The van der Waals surface area contributed by atoms with Crippen LogP contribution >= 0.6 is 27.5 Å². The third kappa shape index (κ3) is 5.58. The normalized spacial score (nSPS) is 10.4. The van der Waals surface area contributed by atoms with Crippen molar-refractivity contribution in [1.29, 1.82) is 0 Å². The van der Waals surface area contributed by atoms with Crippen molar-refractivity contribution in [1.82, 2.24) is 4.90 Å². The van der Waals surface area contributed by atoms with Crippen molar-refractivity contribution >= 4 is 39.2 Å². The summed E-state index contributed by atoms with van der Waals surface area (Å²) in [5, 5.41) is 0.585. The van der Waals surface area contributed by atoms with Gasteiger partial charge < -0.3 is 9.64 Å². The van der Waals surface area contributed by atoms with Crippen LogP contribution in [-0.4, -0.2) is 30.7 Å². The summed E-state index contributed by atoms with van der Waals surface area (Å²) < 4.78 is 6.20. The minimum absolute atomic E-state index is 0.0467. The van der Waals surface area contributed by atoms with Crippen LogP contribution in [0.5, 0.6) is 5.75 Å². The summed E-state index contributed by atoms with van der Waals surface area (Å²) in [6.07, 6.45) is 0.339. The molecule has 25 heavy (non-hydrogen) atoms. The van der Waals surface area contributed by atoms with Crippen molar-refractivity contribution in [3.05, 3.63) is 63.1 Å². The fourth-order valence-corrected chi connectivity index (χ4v) is 2.86. The topological polar surface area (TPSA) is 46.6 Å². The van der Waals surface area contributed by atoms with E-state index in [1.807, 2.05) is 12.1 Å². The molecular weight excluding hydrogens is 406 g/mol. The number of rotatable bonds is 7. The number of Topliss-reactive ketones (excluding diaryl/α,β-unsaturated/α-hetero) is 1. The predicted molar refractivity (Wildman–Crippen MR) is 102 cm³/mol. The van der Waals surface area contributed by atoms with E-state index in [9.17, 15) is 9.59 Å². The molecule has 4 nitrogen and oxygen atoms in total. The molecule has 0 radical (unpaired) electrons. The fraction of sp³-hybridized carbons (Fsp3) is 0.263. The first-order chi connectivity index (χ1) is 11.9. The lowest BCUT2D eigenvalue weighted by atomic mass is 10.1. The van der Waals surface area contributed by atoms with Crippen LogP contribution in [0.15, 0.2) is 46.9 Å². The molecule has 0 heterocycles. The zero-order valence-corrected chi connectivity index (χ0v) is 16.4. The van der Waals surface area contributed by atoms with Crippen LogP contribution in [0.4, 0.5) is 0 Å². The lowest BCUT2D eigenvalue weighted by Crippen LogP contribution is -2.26. The zero-order chi connectivity index (χ0) is 18.4. The Labute approximate surface area is 160 Å². The molecule has 0 aliphatic carbocycles. The SMILES string of the molecule is COc1ccc(Cl)cc1CN(C)C(=O)CCC(=O)c1ccc(Br)cc1. The van der Waals surface area contributed by atoms with Crippen molar-refractivity contribution in [2.24, 2.45) is 0 Å². The predicted octanol–water partition coefficient (Wildman–Crippen LogP) is 4.73. The summed E-state index contributed by atoms with van der Waals surface area (Å²) in [5.74, 6) is 0.525. The van der Waals surface area contributed by atoms with Crippen LogP contribution in [0.2, 0.25) is 5.02 Å². The highest BCUT2D eigenvalue weighted by Gasteiger charge is 2.15. The van der Waals surface area contributed by atoms with Crippen LogP contribution in [-0.2, 0) is 11.3 Å². The van der Waals surface area contributed by atoms with Gasteiger partial charge in [-0.3, -0.25) is 9.59 Å². The Hall–Kier alpha value is -1.85. The van der Waals surface area contributed by atoms with Crippen LogP contribution in [0.25, 0.3) is 0 Å². The Balaban J connectivity index is 1.93. The molecule has 0 N–H and O–H groups in total. The van der Waals surface area contributed by atoms with Crippen LogP contribution in [0, 0.1) is 0 Å². The summed E-state index contributed by atoms with van der Waals surface area (Å²) in [4.78, 5) is 26.0. The summed E-state index contributed by atoms with van der Waals surface area (Å²) in [5.41, 5.74) is 1.43. The maximum absolute atomic E-state index is 12.3. The number of carbonyl (C=O) groups excluding carboxylic acids is 2. The zero-order valence-electron chi connectivity index (χ0n) is 14.1. The van der Waals surface area contributed by atoms with Crippen molar-refractivity contribution in [3.63, 3.8) is 0 Å². The average Bonchev–Trinajstić information content (AvgIpc) is 2.60. The maximum atomic E-state index is 12.3. The fourth-order valence-electron chi connectivity index (χ4n) is 2.41. The van der Waals surface area contributed by atoms with E-state index >= 15 is 0 Å². The lowest BCUT2D eigenvalue weighted by molar-refractivity contribution is -0.130. The summed E-state index contributed by atoms with van der Waals surface area (Å²) >= 11 is 9.34. The van der Waals surface area contributed by atoms with Crippen LogP contribution in [0.1, 0.15) is 28.8 Å². The molecule has 132 valence electrons. The molecule has 0 atom stereocenters. The van der Waals surface area contributed by atoms with Gasteiger partial charge >= 0.3 is 0 Å². The molecule has 0 aliphatic rings. The van der Waals surface area contributed by atoms with E-state index in [4.69, 9.17) is 16.3 Å². The summed E-state index contributed by atoms with van der Waals surface area (Å²) in [7, 11) is 3.28. The first-order valence-electron chi connectivity index (χ1n) is 7.76. The minimum Gasteiger partial charge on any atom is -0.496 e. The second-order valence-corrected chi connectivity index (χ2v) is 6.99. The van der Waals surface area contributed by atoms with Gasteiger partial charge in [0.1, 0.15) is 5.75 Å². The lowest BCUT2D eigenvalue weighted by Gasteiger charge is -2.19. The standard InChI is InChI=1S/C19H19BrClNO3/c1-22(12-14-11-16(21)7-9-18(14)25-2)19(24)10-8-17(23)13-3-5-15(20)6-4-13/h3-7,9,11H,8,10,12H2,1-2H3. The van der Waals surface area contributed by atoms with E-state index in [0.29, 0.717) is 22.9 Å². The van der Waals surface area contributed by atoms with Gasteiger partial charge in [0.05, 0.1) is 7.11 Å². The van der Waals surface area contributed by atoms with E-state index in [2.05, 4.69) is 15.9 Å². The number of benzene rings is 2. The Morgan fingerprint density at radius 2 is 1.80 bits per heavy atom. The average molecular weight is 425 g/mol. The molecule has 2 aromatic carbocycles. The number of carbonyl (C=O) groups is 2. The van der Waals surface area contributed by atoms with Crippen molar-refractivity contribution < 1.29 is 14.3 Å². The Morgan fingerprint density at radius 1 is 1.12 bits per heavy atom. The molecule has 0 spiro atoms. The first kappa shape index (κ1) is 19.5. The van der Waals surface area contributed by atoms with Crippen LogP contribution < -0.4 is 4.74 Å². The van der Waals surface area contributed by atoms with Crippen molar-refractivity contribution in [3.8, 4) is 5.75 Å². The number of ketones is 1. The molecule has 0 fully saturated rings. The number of hydrogen-bond acceptors (Lipinski definition) is 3. The highest BCUT2D eigenvalue weighted by molar-refractivity contribution is 9.10. The molecule has 2 rings (SSSR count). The van der Waals surface area contributed by atoms with E-state index < -0.39 is 0 Å². The molecule has 0 aliphatic heterocycles. The smallest absolute Gasteiger partial charge is 0.223 e. The van der Waals surface area contributed by atoms with Gasteiger partial charge in [-0.25, -0.2) is 0 Å². The molecular formula is C19H19BrClNO3. The number of amides is 1. The minimum atomic E-state index is -0.104. The molecule has 0 aromatic heterocycles. The van der Waals surface area contributed by atoms with Gasteiger partial charge in [0.15, 0.2) is 5.78 Å². The van der Waals surface area contributed by atoms with Gasteiger partial charge in [0.2, 0.25) is 5.91 Å². The van der Waals surface area contributed by atoms with E-state index in [1.54, 1.807) is 49.4 Å². The number of methoxy groups -OCH3 is 1. The van der Waals surface area contributed by atoms with Crippen molar-refractivity contribution in [2.45, 2.75) is 19.4 Å². The second-order valence-electron chi connectivity index (χ2n) is 5.64. The van der Waals surface area contributed by atoms with Gasteiger partial charge in [-0.2, -0.15) is 0 Å². The number of halogens is 2. The molecule has 2 aromatic rings. The van der Waals surface area contributed by atoms with Gasteiger partial charge in [0, 0.05) is 47.1 Å². The van der Waals surface area contributed by atoms with Gasteiger partial charge in [0.25, 0.3) is 0 Å². The molecule has 1 amide bonds. The maximum Gasteiger partial charge on any atom is 0.223 e. The largest absolute Gasteiger partial charge is 0.496 e. The number of nitrogens with zero attached hydrogens (tertiary/aromatic N) is 1. The highest BCUT2D eigenvalue weighted by Crippen LogP contribution is 2.24. The van der Waals surface area contributed by atoms with Crippen LogP contribution in [0.3, 0.4) is 0 Å². The second kappa shape index (κ2) is 9.02. The Morgan fingerprint density at radius 3 is 2.44 bits per heavy atom. The van der Waals surface area contributed by atoms with E-state index in [1.165, 1.54) is 0 Å². The number of ether oxygens (including phenoxy) is 1. The van der Waals surface area contributed by atoms with Crippen molar-refractivity contribution in [2.75, 3.05) is 14.2 Å². The Kier molecular flexibility index (Phi) is 7.02.